The van der Waals surface area contributed by atoms with Crippen LogP contribution in [0.15, 0.2) is 18.2 Å². The van der Waals surface area contributed by atoms with Crippen LogP contribution in [0.1, 0.15) is 26.2 Å². The average Bonchev–Trinajstić information content (AvgIpc) is 2.82. The summed E-state index contributed by atoms with van der Waals surface area (Å²) in [6, 6.07) is 5.75. The molecule has 0 aliphatic carbocycles. The Morgan fingerprint density at radius 2 is 2.33 bits per heavy atom. The van der Waals surface area contributed by atoms with Crippen molar-refractivity contribution >= 4 is 11.4 Å². The lowest BCUT2D eigenvalue weighted by atomic mass is 10.2. The first-order valence-corrected chi connectivity index (χ1v) is 6.67. The molecular formula is C14H22N2O2. The number of nitrogens with two attached hydrogens (primary N) is 1. The van der Waals surface area contributed by atoms with Crippen LogP contribution in [0.2, 0.25) is 0 Å². The summed E-state index contributed by atoms with van der Waals surface area (Å²) < 4.78 is 11.0. The van der Waals surface area contributed by atoms with E-state index in [4.69, 9.17) is 15.2 Å². The summed E-state index contributed by atoms with van der Waals surface area (Å²) in [5.74, 6) is 0.817. The molecule has 1 aromatic carbocycles. The number of nitrogens with one attached hydrogen (secondary N) is 1. The van der Waals surface area contributed by atoms with Crippen molar-refractivity contribution in [2.45, 2.75) is 32.3 Å². The smallest absolute Gasteiger partial charge is 0.123 e. The summed E-state index contributed by atoms with van der Waals surface area (Å²) in [7, 11) is 0. The van der Waals surface area contributed by atoms with Crippen molar-refractivity contribution < 1.29 is 9.47 Å². The predicted octanol–water partition coefficient (Wildman–Crippen LogP) is 2.65. The molecule has 4 nitrogen and oxygen atoms in total. The largest absolute Gasteiger partial charge is 0.494 e. The molecule has 1 unspecified atom stereocenters. The number of benzene rings is 1. The van der Waals surface area contributed by atoms with E-state index in [0.29, 0.717) is 12.7 Å². The van der Waals surface area contributed by atoms with Gasteiger partial charge < -0.3 is 20.5 Å². The van der Waals surface area contributed by atoms with Gasteiger partial charge in [0, 0.05) is 36.7 Å². The van der Waals surface area contributed by atoms with Crippen LogP contribution < -0.4 is 15.8 Å². The van der Waals surface area contributed by atoms with Crippen molar-refractivity contribution in [3.63, 3.8) is 0 Å². The molecule has 18 heavy (non-hydrogen) atoms. The molecule has 1 atom stereocenters. The maximum Gasteiger partial charge on any atom is 0.123 e. The summed E-state index contributed by atoms with van der Waals surface area (Å²) >= 11 is 0. The normalized spacial score (nSPS) is 18.8. The van der Waals surface area contributed by atoms with Crippen LogP contribution in [0.25, 0.3) is 0 Å². The van der Waals surface area contributed by atoms with Crippen LogP contribution in [-0.2, 0) is 4.74 Å². The summed E-state index contributed by atoms with van der Waals surface area (Å²) in [4.78, 5) is 0. The topological polar surface area (TPSA) is 56.5 Å². The summed E-state index contributed by atoms with van der Waals surface area (Å²) in [6.45, 7) is 4.43. The van der Waals surface area contributed by atoms with E-state index in [0.717, 1.165) is 36.7 Å². The molecule has 1 heterocycles. The molecule has 4 heteroatoms. The van der Waals surface area contributed by atoms with Gasteiger partial charge in [-0.1, -0.05) is 0 Å². The third kappa shape index (κ3) is 3.81. The molecule has 1 aromatic rings. The quantitative estimate of drug-likeness (QED) is 0.762. The van der Waals surface area contributed by atoms with Crippen molar-refractivity contribution in [1.29, 1.82) is 0 Å². The number of nitrogen functional groups attached to an aromatic ring is 1. The van der Waals surface area contributed by atoms with Gasteiger partial charge in [-0.15, -0.1) is 0 Å². The molecule has 0 spiro atoms. The molecule has 1 aliphatic heterocycles. The van der Waals surface area contributed by atoms with E-state index < -0.39 is 0 Å². The zero-order chi connectivity index (χ0) is 12.8. The maximum atomic E-state index is 5.84. The number of hydrogen-bond acceptors (Lipinski definition) is 4. The zero-order valence-corrected chi connectivity index (χ0v) is 10.9. The molecule has 1 fully saturated rings. The fraction of sp³-hybridized carbons (Fsp3) is 0.571. The van der Waals surface area contributed by atoms with E-state index in [9.17, 15) is 0 Å². The van der Waals surface area contributed by atoms with Crippen molar-refractivity contribution in [3.05, 3.63) is 18.2 Å². The molecule has 100 valence electrons. The van der Waals surface area contributed by atoms with Gasteiger partial charge in [0.1, 0.15) is 5.75 Å². The lowest BCUT2D eigenvalue weighted by Crippen LogP contribution is -2.12. The minimum absolute atomic E-state index is 0.421. The molecule has 3 N–H and O–H groups in total. The Bertz CT molecular complexity index is 376. The van der Waals surface area contributed by atoms with Crippen molar-refractivity contribution in [2.24, 2.45) is 0 Å². The van der Waals surface area contributed by atoms with E-state index in [1.165, 1.54) is 12.8 Å². The predicted molar refractivity (Wildman–Crippen MR) is 74.1 cm³/mol. The van der Waals surface area contributed by atoms with E-state index >= 15 is 0 Å². The van der Waals surface area contributed by atoms with Crippen LogP contribution in [0.4, 0.5) is 11.4 Å². The highest BCUT2D eigenvalue weighted by Gasteiger charge is 2.14. The zero-order valence-electron chi connectivity index (χ0n) is 10.9. The Balaban J connectivity index is 1.83. The average molecular weight is 250 g/mol. The first-order chi connectivity index (χ1) is 8.78. The Morgan fingerprint density at radius 1 is 1.44 bits per heavy atom. The second kappa shape index (κ2) is 6.50. The number of anilines is 2. The summed E-state index contributed by atoms with van der Waals surface area (Å²) in [5.41, 5.74) is 7.57. The van der Waals surface area contributed by atoms with Gasteiger partial charge in [-0.25, -0.2) is 0 Å². The van der Waals surface area contributed by atoms with E-state index in [2.05, 4.69) is 5.32 Å². The maximum absolute atomic E-state index is 5.84. The molecule has 0 bridgehead atoms. The Labute approximate surface area is 108 Å². The Hall–Kier alpha value is -1.42. The third-order valence-corrected chi connectivity index (χ3v) is 3.06. The third-order valence-electron chi connectivity index (χ3n) is 3.06. The molecule has 0 radical (unpaired) electrons. The first kappa shape index (κ1) is 13.0. The first-order valence-electron chi connectivity index (χ1n) is 6.67. The van der Waals surface area contributed by atoms with Crippen LogP contribution >= 0.6 is 0 Å². The fourth-order valence-corrected chi connectivity index (χ4v) is 2.22. The number of ether oxygens (including phenoxy) is 2. The van der Waals surface area contributed by atoms with Crippen LogP contribution in [-0.4, -0.2) is 25.9 Å². The van der Waals surface area contributed by atoms with Gasteiger partial charge in [-0.3, -0.25) is 0 Å². The van der Waals surface area contributed by atoms with Gasteiger partial charge in [0.15, 0.2) is 0 Å². The molecule has 0 saturated carbocycles. The Kier molecular flexibility index (Phi) is 4.70. The monoisotopic (exact) mass is 250 g/mol. The number of rotatable bonds is 6. The van der Waals surface area contributed by atoms with Crippen LogP contribution in [0.3, 0.4) is 0 Å². The molecule has 0 aromatic heterocycles. The second-order valence-electron chi connectivity index (χ2n) is 4.57. The minimum atomic E-state index is 0.421. The fourth-order valence-electron chi connectivity index (χ4n) is 2.22. The highest BCUT2D eigenvalue weighted by Crippen LogP contribution is 2.23. The Morgan fingerprint density at radius 3 is 3.06 bits per heavy atom. The van der Waals surface area contributed by atoms with E-state index in [1.807, 2.05) is 25.1 Å². The number of hydrogen-bond donors (Lipinski definition) is 2. The highest BCUT2D eigenvalue weighted by molar-refractivity contribution is 5.59. The molecular weight excluding hydrogens is 228 g/mol. The van der Waals surface area contributed by atoms with Crippen LogP contribution in [0, 0.1) is 0 Å². The highest BCUT2D eigenvalue weighted by atomic mass is 16.5. The molecule has 2 rings (SSSR count). The van der Waals surface area contributed by atoms with E-state index in [-0.39, 0.29) is 0 Å². The SMILES string of the molecule is CCOc1cc(N)cc(NCCC2CCCO2)c1. The van der Waals surface area contributed by atoms with Crippen LogP contribution in [0.5, 0.6) is 5.75 Å². The summed E-state index contributed by atoms with van der Waals surface area (Å²) in [5, 5.41) is 3.37. The van der Waals surface area contributed by atoms with Crippen molar-refractivity contribution in [1.82, 2.24) is 0 Å². The minimum Gasteiger partial charge on any atom is -0.494 e. The molecule has 1 saturated heterocycles. The lowest BCUT2D eigenvalue weighted by Gasteiger charge is -2.12. The van der Waals surface area contributed by atoms with Gasteiger partial charge in [0.2, 0.25) is 0 Å². The summed E-state index contributed by atoms with van der Waals surface area (Å²) in [6.07, 6.45) is 3.84. The van der Waals surface area contributed by atoms with Gasteiger partial charge in [-0.05, 0) is 32.3 Å². The lowest BCUT2D eigenvalue weighted by molar-refractivity contribution is 0.107. The van der Waals surface area contributed by atoms with Gasteiger partial charge >= 0.3 is 0 Å². The molecule has 0 amide bonds. The van der Waals surface area contributed by atoms with Gasteiger partial charge in [-0.2, -0.15) is 0 Å². The van der Waals surface area contributed by atoms with Crippen molar-refractivity contribution in [3.8, 4) is 5.75 Å². The standard InChI is InChI=1S/C14H22N2O2/c1-2-17-14-9-11(15)8-12(10-14)16-6-5-13-4-3-7-18-13/h8-10,13,16H,2-7,15H2,1H3. The second-order valence-corrected chi connectivity index (χ2v) is 4.57. The van der Waals surface area contributed by atoms with E-state index in [1.54, 1.807) is 0 Å². The van der Waals surface area contributed by atoms with Gasteiger partial charge in [0.25, 0.3) is 0 Å². The van der Waals surface area contributed by atoms with Gasteiger partial charge in [0.05, 0.1) is 12.7 Å². The molecule has 1 aliphatic rings. The van der Waals surface area contributed by atoms with Crippen molar-refractivity contribution in [2.75, 3.05) is 30.8 Å².